The molecule has 2 aliphatic rings. The fraction of sp³-hybridized carbons (Fsp3) is 0.400. The van der Waals surface area contributed by atoms with Gasteiger partial charge in [0.15, 0.2) is 5.78 Å². The molecule has 1 atom stereocenters. The minimum atomic E-state index is -0.695. The van der Waals surface area contributed by atoms with E-state index in [0.29, 0.717) is 35.2 Å². The molecule has 148 valence electrons. The zero-order valence-electron chi connectivity index (χ0n) is 15.8. The largest absolute Gasteiger partial charge is 0.460 e. The highest BCUT2D eigenvalue weighted by Crippen LogP contribution is 2.43. The molecule has 0 fully saturated rings. The maximum absolute atomic E-state index is 12.8. The fourth-order valence-corrected chi connectivity index (χ4v) is 3.70. The SMILES string of the molecule is COCCOC(=O)C1=C(C)NC2=C(C(=O)CCC2)[C@H]1c1cccc([N+](=O)[O-])c1. The number of carbonyl (C=O) groups excluding carboxylic acids is 2. The second-order valence-electron chi connectivity index (χ2n) is 6.75. The first-order valence-corrected chi connectivity index (χ1v) is 9.08. The summed E-state index contributed by atoms with van der Waals surface area (Å²) in [6, 6.07) is 6.06. The number of rotatable bonds is 6. The van der Waals surface area contributed by atoms with Crippen LogP contribution < -0.4 is 5.32 Å². The molecule has 1 N–H and O–H groups in total. The van der Waals surface area contributed by atoms with Crippen molar-refractivity contribution in [1.29, 1.82) is 0 Å². The number of ether oxygens (including phenoxy) is 2. The lowest BCUT2D eigenvalue weighted by Gasteiger charge is -2.34. The number of allylic oxidation sites excluding steroid dienone is 3. The molecule has 0 amide bonds. The van der Waals surface area contributed by atoms with E-state index in [0.717, 1.165) is 12.1 Å². The molecule has 0 radical (unpaired) electrons. The van der Waals surface area contributed by atoms with E-state index in [1.54, 1.807) is 19.1 Å². The van der Waals surface area contributed by atoms with E-state index in [1.165, 1.54) is 19.2 Å². The second-order valence-corrected chi connectivity index (χ2v) is 6.75. The number of benzene rings is 1. The Kier molecular flexibility index (Phi) is 5.89. The van der Waals surface area contributed by atoms with Crippen molar-refractivity contribution in [2.75, 3.05) is 20.3 Å². The first kappa shape index (κ1) is 19.8. The summed E-state index contributed by atoms with van der Waals surface area (Å²) in [5.74, 6) is -1.32. The van der Waals surface area contributed by atoms with E-state index in [-0.39, 0.29) is 24.7 Å². The van der Waals surface area contributed by atoms with Crippen LogP contribution in [0.4, 0.5) is 5.69 Å². The van der Waals surface area contributed by atoms with Gasteiger partial charge in [-0.15, -0.1) is 0 Å². The number of methoxy groups -OCH3 is 1. The van der Waals surface area contributed by atoms with Crippen LogP contribution in [0.3, 0.4) is 0 Å². The van der Waals surface area contributed by atoms with Gasteiger partial charge >= 0.3 is 5.97 Å². The number of nitrogens with zero attached hydrogens (tertiary/aromatic N) is 1. The average Bonchev–Trinajstić information content (AvgIpc) is 2.67. The minimum Gasteiger partial charge on any atom is -0.460 e. The predicted molar refractivity (Wildman–Crippen MR) is 100 cm³/mol. The Morgan fingerprint density at radius 2 is 2.11 bits per heavy atom. The van der Waals surface area contributed by atoms with Crippen molar-refractivity contribution in [3.05, 3.63) is 62.5 Å². The van der Waals surface area contributed by atoms with E-state index in [1.807, 2.05) is 0 Å². The molecule has 1 aromatic carbocycles. The van der Waals surface area contributed by atoms with Gasteiger partial charge in [-0.3, -0.25) is 14.9 Å². The van der Waals surface area contributed by atoms with Gasteiger partial charge in [0.25, 0.3) is 5.69 Å². The summed E-state index contributed by atoms with van der Waals surface area (Å²) >= 11 is 0. The Bertz CT molecular complexity index is 886. The van der Waals surface area contributed by atoms with Crippen LogP contribution in [0, 0.1) is 10.1 Å². The number of nitrogens with one attached hydrogen (secondary N) is 1. The van der Waals surface area contributed by atoms with Crippen LogP contribution in [0.1, 0.15) is 37.7 Å². The number of nitro groups is 1. The van der Waals surface area contributed by atoms with Crippen molar-refractivity contribution >= 4 is 17.4 Å². The van der Waals surface area contributed by atoms with Gasteiger partial charge in [-0.1, -0.05) is 12.1 Å². The highest BCUT2D eigenvalue weighted by molar-refractivity contribution is 6.03. The molecule has 0 spiro atoms. The minimum absolute atomic E-state index is 0.0556. The highest BCUT2D eigenvalue weighted by Gasteiger charge is 2.39. The van der Waals surface area contributed by atoms with Gasteiger partial charge in [-0.2, -0.15) is 0 Å². The maximum atomic E-state index is 12.8. The van der Waals surface area contributed by atoms with Gasteiger partial charge in [0.05, 0.1) is 17.1 Å². The van der Waals surface area contributed by atoms with Crippen LogP contribution in [0.15, 0.2) is 46.8 Å². The Morgan fingerprint density at radius 1 is 1.32 bits per heavy atom. The van der Waals surface area contributed by atoms with E-state index < -0.39 is 16.8 Å². The lowest BCUT2D eigenvalue weighted by molar-refractivity contribution is -0.384. The zero-order chi connectivity index (χ0) is 20.3. The third-order valence-electron chi connectivity index (χ3n) is 4.93. The number of ketones is 1. The van der Waals surface area contributed by atoms with Crippen LogP contribution in [-0.4, -0.2) is 37.0 Å². The normalized spacial score (nSPS) is 19.2. The molecule has 1 aliphatic carbocycles. The molecular weight excluding hydrogens is 364 g/mol. The number of hydrogen-bond donors (Lipinski definition) is 1. The van der Waals surface area contributed by atoms with Crippen molar-refractivity contribution in [3.63, 3.8) is 0 Å². The number of Topliss-reactive ketones (excluding diaryl/α,β-unsaturated/α-hetero) is 1. The van der Waals surface area contributed by atoms with E-state index in [2.05, 4.69) is 5.32 Å². The summed E-state index contributed by atoms with van der Waals surface area (Å²) in [5, 5.41) is 14.4. The summed E-state index contributed by atoms with van der Waals surface area (Å²) in [5.41, 5.74) is 2.59. The van der Waals surface area contributed by atoms with Crippen LogP contribution >= 0.6 is 0 Å². The third kappa shape index (κ3) is 3.82. The smallest absolute Gasteiger partial charge is 0.336 e. The van der Waals surface area contributed by atoms with Crippen molar-refractivity contribution in [2.45, 2.75) is 32.1 Å². The zero-order valence-corrected chi connectivity index (χ0v) is 15.8. The van der Waals surface area contributed by atoms with Gasteiger partial charge in [0.2, 0.25) is 0 Å². The lowest BCUT2D eigenvalue weighted by atomic mass is 9.75. The lowest BCUT2D eigenvalue weighted by Crippen LogP contribution is -2.34. The molecule has 1 aromatic rings. The summed E-state index contributed by atoms with van der Waals surface area (Å²) in [4.78, 5) is 36.3. The highest BCUT2D eigenvalue weighted by atomic mass is 16.6. The van der Waals surface area contributed by atoms with Crippen LogP contribution in [0.2, 0.25) is 0 Å². The molecule has 3 rings (SSSR count). The quantitative estimate of drug-likeness (QED) is 0.347. The molecule has 0 saturated carbocycles. The predicted octanol–water partition coefficient (Wildman–Crippen LogP) is 2.75. The first-order valence-electron chi connectivity index (χ1n) is 9.08. The van der Waals surface area contributed by atoms with Crippen molar-refractivity contribution in [2.24, 2.45) is 0 Å². The Labute approximate surface area is 162 Å². The molecule has 0 aromatic heterocycles. The Hall–Kier alpha value is -3.00. The van der Waals surface area contributed by atoms with E-state index in [4.69, 9.17) is 9.47 Å². The van der Waals surface area contributed by atoms with Gasteiger partial charge in [0, 0.05) is 48.5 Å². The van der Waals surface area contributed by atoms with E-state index >= 15 is 0 Å². The number of non-ortho nitro benzene ring substituents is 1. The van der Waals surface area contributed by atoms with Gasteiger partial charge in [0.1, 0.15) is 6.61 Å². The summed E-state index contributed by atoms with van der Waals surface area (Å²) in [7, 11) is 1.50. The van der Waals surface area contributed by atoms with Crippen LogP contribution in [0.25, 0.3) is 0 Å². The molecular formula is C20H22N2O6. The molecule has 0 unspecified atom stereocenters. The summed E-state index contributed by atoms with van der Waals surface area (Å²) in [6.07, 6.45) is 1.81. The standard InChI is InChI=1S/C20H22N2O6/c1-12-17(20(24)28-10-9-27-2)18(13-5-3-6-14(11-13)22(25)26)19-15(21-12)7-4-8-16(19)23/h3,5-6,11,18,21H,4,7-10H2,1-2H3/t18-/m0/s1. The average molecular weight is 386 g/mol. The number of carbonyl (C=O) groups is 2. The summed E-state index contributed by atoms with van der Waals surface area (Å²) in [6.45, 7) is 2.08. The molecule has 0 saturated heterocycles. The Morgan fingerprint density at radius 3 is 2.82 bits per heavy atom. The van der Waals surface area contributed by atoms with Crippen molar-refractivity contribution < 1.29 is 24.0 Å². The molecule has 28 heavy (non-hydrogen) atoms. The Balaban J connectivity index is 2.09. The topological polar surface area (TPSA) is 108 Å². The molecule has 8 nitrogen and oxygen atoms in total. The number of hydrogen-bond acceptors (Lipinski definition) is 7. The number of esters is 1. The van der Waals surface area contributed by atoms with Crippen LogP contribution in [0.5, 0.6) is 0 Å². The number of dihydropyridines is 1. The van der Waals surface area contributed by atoms with Crippen molar-refractivity contribution in [3.8, 4) is 0 Å². The molecule has 1 aliphatic heterocycles. The fourth-order valence-electron chi connectivity index (χ4n) is 3.70. The monoisotopic (exact) mass is 386 g/mol. The van der Waals surface area contributed by atoms with Crippen molar-refractivity contribution in [1.82, 2.24) is 5.32 Å². The molecule has 0 bridgehead atoms. The van der Waals surface area contributed by atoms with Gasteiger partial charge in [-0.25, -0.2) is 4.79 Å². The molecule has 1 heterocycles. The summed E-state index contributed by atoms with van der Waals surface area (Å²) < 4.78 is 10.2. The second kappa shape index (κ2) is 8.35. The first-order chi connectivity index (χ1) is 13.4. The maximum Gasteiger partial charge on any atom is 0.336 e. The van der Waals surface area contributed by atoms with Gasteiger partial charge < -0.3 is 14.8 Å². The van der Waals surface area contributed by atoms with Crippen LogP contribution in [-0.2, 0) is 19.1 Å². The van der Waals surface area contributed by atoms with Gasteiger partial charge in [-0.05, 0) is 25.3 Å². The third-order valence-corrected chi connectivity index (χ3v) is 4.93. The molecule has 8 heteroatoms. The number of nitro benzene ring substituents is 1. The van der Waals surface area contributed by atoms with E-state index in [9.17, 15) is 19.7 Å².